The average Bonchev–Trinajstić information content (AvgIpc) is 2.34. The molecule has 1 radical (unpaired) electrons. The molecule has 1 rings (SSSR count). The normalized spacial score (nSPS) is 11.3. The number of hydrogen-bond acceptors (Lipinski definition) is 2. The van der Waals surface area contributed by atoms with Gasteiger partial charge in [-0.2, -0.15) is 0 Å². The van der Waals surface area contributed by atoms with Gasteiger partial charge in [-0.05, 0) is 6.42 Å². The molecule has 0 aliphatic carbocycles. The van der Waals surface area contributed by atoms with E-state index in [9.17, 15) is 8.78 Å². The van der Waals surface area contributed by atoms with Crippen LogP contribution in [0.25, 0.3) is 0 Å². The molecule has 93 valence electrons. The van der Waals surface area contributed by atoms with Gasteiger partial charge < -0.3 is 4.84 Å². The minimum Gasteiger partial charge on any atom is -0.395 e. The van der Waals surface area contributed by atoms with Gasteiger partial charge in [0.15, 0.2) is 0 Å². The molecular weight excluding hydrogens is 224 g/mol. The van der Waals surface area contributed by atoms with Crippen LogP contribution in [-0.2, 0) is 4.84 Å². The number of nitrogens with zero attached hydrogens (tertiary/aromatic N) is 1. The van der Waals surface area contributed by atoms with Crippen molar-refractivity contribution in [1.29, 1.82) is 0 Å². The predicted octanol–water partition coefficient (Wildman–Crippen LogP) is 4.04. The van der Waals surface area contributed by atoms with Crippen molar-refractivity contribution in [3.8, 4) is 0 Å². The van der Waals surface area contributed by atoms with E-state index in [1.165, 1.54) is 12.1 Å². The van der Waals surface area contributed by atoms with Crippen LogP contribution >= 0.6 is 0 Å². The van der Waals surface area contributed by atoms with Crippen LogP contribution in [-0.4, -0.2) is 12.8 Å². The highest BCUT2D eigenvalue weighted by Gasteiger charge is 2.04. The second kappa shape index (κ2) is 7.76. The highest BCUT2D eigenvalue weighted by molar-refractivity contribution is 5.79. The molecule has 0 aliphatic heterocycles. The highest BCUT2D eigenvalue weighted by atomic mass is 19.3. The Kier molecular flexibility index (Phi) is 6.22. The number of alkyl halides is 2. The van der Waals surface area contributed by atoms with E-state index in [1.807, 2.05) is 0 Å². The molecule has 0 amide bonds. The number of hydrogen-bond donors (Lipinski definition) is 0. The van der Waals surface area contributed by atoms with Crippen LogP contribution < -0.4 is 0 Å². The lowest BCUT2D eigenvalue weighted by Crippen LogP contribution is -1.90. The summed E-state index contributed by atoms with van der Waals surface area (Å²) in [6, 6.07) is 5.81. The fourth-order valence-electron chi connectivity index (χ4n) is 1.25. The van der Waals surface area contributed by atoms with Gasteiger partial charge >= 0.3 is 0 Å². The van der Waals surface area contributed by atoms with Crippen LogP contribution in [0.5, 0.6) is 0 Å². The van der Waals surface area contributed by atoms with E-state index in [2.05, 4.69) is 18.3 Å². The molecule has 0 heterocycles. The van der Waals surface area contributed by atoms with Crippen molar-refractivity contribution in [1.82, 2.24) is 0 Å². The van der Waals surface area contributed by atoms with Crippen molar-refractivity contribution < 1.29 is 13.6 Å². The number of rotatable bonds is 7. The molecule has 0 aliphatic rings. The van der Waals surface area contributed by atoms with Crippen LogP contribution in [0.15, 0.2) is 29.4 Å². The van der Waals surface area contributed by atoms with E-state index in [0.29, 0.717) is 12.2 Å². The monoisotopic (exact) mass is 240 g/mol. The van der Waals surface area contributed by atoms with E-state index in [1.54, 1.807) is 12.1 Å². The van der Waals surface area contributed by atoms with Crippen molar-refractivity contribution in [3.05, 3.63) is 35.4 Å². The summed E-state index contributed by atoms with van der Waals surface area (Å²) >= 11 is 0. The van der Waals surface area contributed by atoms with Crippen LogP contribution in [0.3, 0.4) is 0 Å². The zero-order valence-electron chi connectivity index (χ0n) is 9.83. The topological polar surface area (TPSA) is 21.6 Å². The van der Waals surface area contributed by atoms with Gasteiger partial charge in [0.05, 0.1) is 0 Å². The third-order valence-electron chi connectivity index (χ3n) is 2.24. The number of unbranched alkanes of at least 4 members (excludes halogenated alkanes) is 2. The summed E-state index contributed by atoms with van der Waals surface area (Å²) < 4.78 is 24.5. The summed E-state index contributed by atoms with van der Waals surface area (Å²) in [5.41, 5.74) is 0.629. The van der Waals surface area contributed by atoms with Gasteiger partial charge in [-0.1, -0.05) is 49.2 Å². The Hall–Kier alpha value is -1.45. The Morgan fingerprint density at radius 2 is 1.94 bits per heavy atom. The summed E-state index contributed by atoms with van der Waals surface area (Å²) in [7, 11) is 0. The molecular formula is C13H16F2NO. The van der Waals surface area contributed by atoms with Crippen molar-refractivity contribution >= 4 is 6.21 Å². The Labute approximate surface area is 100 Å². The maximum Gasteiger partial charge on any atom is 0.263 e. The second-order valence-corrected chi connectivity index (χ2v) is 3.67. The summed E-state index contributed by atoms with van der Waals surface area (Å²) in [5, 5.41) is 3.65. The zero-order chi connectivity index (χ0) is 12.5. The Morgan fingerprint density at radius 3 is 2.53 bits per heavy atom. The molecule has 0 bridgehead atoms. The van der Waals surface area contributed by atoms with Crippen molar-refractivity contribution in [3.63, 3.8) is 0 Å². The summed E-state index contributed by atoms with van der Waals surface area (Å²) in [4.78, 5) is 4.98. The lowest BCUT2D eigenvalue weighted by atomic mass is 10.1. The van der Waals surface area contributed by atoms with E-state index in [-0.39, 0.29) is 5.56 Å². The van der Waals surface area contributed by atoms with E-state index in [0.717, 1.165) is 19.3 Å². The number of benzene rings is 1. The lowest BCUT2D eigenvalue weighted by molar-refractivity contribution is 0.141. The molecule has 0 unspecified atom stereocenters. The Morgan fingerprint density at radius 1 is 1.24 bits per heavy atom. The van der Waals surface area contributed by atoms with E-state index < -0.39 is 6.43 Å². The third-order valence-corrected chi connectivity index (χ3v) is 2.24. The van der Waals surface area contributed by atoms with Gasteiger partial charge in [-0.15, -0.1) is 0 Å². The SMILES string of the molecule is CCCCCO/N=[C]/c1ccc(C(F)F)cc1. The first-order chi connectivity index (χ1) is 8.24. The van der Waals surface area contributed by atoms with Crippen LogP contribution in [0.1, 0.15) is 43.7 Å². The molecule has 0 saturated heterocycles. The fraction of sp³-hybridized carbons (Fsp3) is 0.462. The fourth-order valence-corrected chi connectivity index (χ4v) is 1.25. The van der Waals surface area contributed by atoms with Crippen molar-refractivity contribution in [2.75, 3.05) is 6.61 Å². The third kappa shape index (κ3) is 5.43. The van der Waals surface area contributed by atoms with Crippen LogP contribution in [0.2, 0.25) is 0 Å². The minimum absolute atomic E-state index is 0.000542. The van der Waals surface area contributed by atoms with Crippen molar-refractivity contribution in [2.45, 2.75) is 32.6 Å². The van der Waals surface area contributed by atoms with E-state index in [4.69, 9.17) is 4.84 Å². The maximum atomic E-state index is 12.3. The van der Waals surface area contributed by atoms with E-state index >= 15 is 0 Å². The quantitative estimate of drug-likeness (QED) is 0.400. The van der Waals surface area contributed by atoms with Crippen LogP contribution in [0.4, 0.5) is 8.78 Å². The minimum atomic E-state index is -2.44. The molecule has 0 N–H and O–H groups in total. The van der Waals surface area contributed by atoms with Crippen molar-refractivity contribution in [2.24, 2.45) is 5.16 Å². The highest BCUT2D eigenvalue weighted by Crippen LogP contribution is 2.18. The first-order valence-corrected chi connectivity index (χ1v) is 5.70. The van der Waals surface area contributed by atoms with Gasteiger partial charge in [0.25, 0.3) is 6.43 Å². The smallest absolute Gasteiger partial charge is 0.263 e. The summed E-state index contributed by atoms with van der Waals surface area (Å²) in [6.07, 6.45) is 3.41. The van der Waals surface area contributed by atoms with Crippen LogP contribution in [0, 0.1) is 0 Å². The van der Waals surface area contributed by atoms with Gasteiger partial charge in [0, 0.05) is 11.1 Å². The lowest BCUT2D eigenvalue weighted by Gasteiger charge is -1.99. The molecule has 0 saturated carbocycles. The maximum absolute atomic E-state index is 12.3. The van der Waals surface area contributed by atoms with Gasteiger partial charge in [0.2, 0.25) is 0 Å². The largest absolute Gasteiger partial charge is 0.395 e. The average molecular weight is 240 g/mol. The molecule has 0 atom stereocenters. The predicted molar refractivity (Wildman–Crippen MR) is 63.4 cm³/mol. The molecule has 4 heteroatoms. The van der Waals surface area contributed by atoms with Gasteiger partial charge in [-0.25, -0.2) is 8.78 Å². The Balaban J connectivity index is 2.33. The molecule has 0 spiro atoms. The molecule has 17 heavy (non-hydrogen) atoms. The molecule has 0 aromatic heterocycles. The Bertz CT molecular complexity index is 336. The molecule has 1 aromatic rings. The first-order valence-electron chi connectivity index (χ1n) is 5.70. The first kappa shape index (κ1) is 13.6. The summed E-state index contributed by atoms with van der Waals surface area (Å²) in [5.74, 6) is 0. The summed E-state index contributed by atoms with van der Waals surface area (Å²) in [6.45, 7) is 2.68. The standard InChI is InChI=1S/C13H16F2NO/c1-2-3-4-9-17-16-10-11-5-7-12(8-6-11)13(14)15/h5-8,13H,2-4,9H2,1H3. The molecule has 1 aromatic carbocycles. The molecule has 0 fully saturated rings. The second-order valence-electron chi connectivity index (χ2n) is 3.67. The zero-order valence-corrected chi connectivity index (χ0v) is 9.83. The number of halogens is 2. The molecule has 2 nitrogen and oxygen atoms in total. The van der Waals surface area contributed by atoms with Gasteiger partial charge in [-0.3, -0.25) is 0 Å². The van der Waals surface area contributed by atoms with Gasteiger partial charge in [0.1, 0.15) is 12.8 Å².